The highest BCUT2D eigenvalue weighted by Crippen LogP contribution is 2.29. The van der Waals surface area contributed by atoms with Crippen LogP contribution in [0.1, 0.15) is 12.6 Å². The van der Waals surface area contributed by atoms with E-state index in [1.165, 1.54) is 0 Å². The molecule has 1 aromatic heterocycles. The predicted molar refractivity (Wildman–Crippen MR) is 77.4 cm³/mol. The van der Waals surface area contributed by atoms with Gasteiger partial charge in [-0.3, -0.25) is 9.78 Å². The zero-order valence-corrected chi connectivity index (χ0v) is 11.5. The predicted octanol–water partition coefficient (Wildman–Crippen LogP) is 1.71. The van der Waals surface area contributed by atoms with Crippen molar-refractivity contribution >= 4 is 16.7 Å². The lowest BCUT2D eigenvalue weighted by molar-refractivity contribution is -0.127. The Morgan fingerprint density at radius 2 is 2.20 bits per heavy atom. The molecule has 1 aromatic carbocycles. The number of nitrogens with two attached hydrogens (primary N) is 1. The molecule has 4 nitrogen and oxygen atoms in total. The molecule has 1 saturated heterocycles. The van der Waals surface area contributed by atoms with Crippen molar-refractivity contribution in [2.45, 2.75) is 19.4 Å². The number of para-hydroxylation sites is 1. The average molecular weight is 270 g/mol. The van der Waals surface area contributed by atoms with Gasteiger partial charge in [-0.25, -0.2) is 0 Å². The molecule has 1 aliphatic heterocycles. The lowest BCUT2D eigenvalue weighted by Crippen LogP contribution is -2.45. The Kier molecular flexibility index (Phi) is 3.28. The summed E-state index contributed by atoms with van der Waals surface area (Å²) in [7, 11) is 0. The van der Waals surface area contributed by atoms with E-state index in [2.05, 4.69) is 4.98 Å². The van der Waals surface area contributed by atoms with Crippen molar-refractivity contribution in [3.05, 3.63) is 42.1 Å². The van der Waals surface area contributed by atoms with E-state index in [4.69, 9.17) is 10.5 Å². The molecule has 2 unspecified atom stereocenters. The van der Waals surface area contributed by atoms with Crippen molar-refractivity contribution in [2.24, 2.45) is 11.1 Å². The lowest BCUT2D eigenvalue weighted by atomic mass is 9.79. The molecule has 1 aliphatic rings. The summed E-state index contributed by atoms with van der Waals surface area (Å²) in [6, 6.07) is 11.6. The molecule has 0 spiro atoms. The summed E-state index contributed by atoms with van der Waals surface area (Å²) in [6.45, 7) is 2.74. The van der Waals surface area contributed by atoms with E-state index in [9.17, 15) is 4.79 Å². The van der Waals surface area contributed by atoms with Crippen LogP contribution in [0.3, 0.4) is 0 Å². The monoisotopic (exact) mass is 270 g/mol. The first-order valence-corrected chi connectivity index (χ1v) is 6.81. The molecule has 3 rings (SSSR count). The molecule has 0 radical (unpaired) electrons. The van der Waals surface area contributed by atoms with Gasteiger partial charge in [-0.2, -0.15) is 0 Å². The van der Waals surface area contributed by atoms with Crippen molar-refractivity contribution in [1.29, 1.82) is 0 Å². The van der Waals surface area contributed by atoms with Gasteiger partial charge in [0, 0.05) is 23.5 Å². The maximum atomic E-state index is 12.5. The fraction of sp³-hybridized carbons (Fsp3) is 0.375. The fourth-order valence-corrected chi connectivity index (χ4v) is 2.55. The van der Waals surface area contributed by atoms with Crippen LogP contribution in [0.4, 0.5) is 0 Å². The third kappa shape index (κ3) is 2.21. The van der Waals surface area contributed by atoms with Gasteiger partial charge in [0.15, 0.2) is 0 Å². The number of pyridine rings is 1. The smallest absolute Gasteiger partial charge is 0.148 e. The van der Waals surface area contributed by atoms with E-state index in [0.717, 1.165) is 16.6 Å². The van der Waals surface area contributed by atoms with Gasteiger partial charge in [0.2, 0.25) is 0 Å². The number of carbonyl (C=O) groups is 1. The summed E-state index contributed by atoms with van der Waals surface area (Å²) in [4.78, 5) is 17.0. The van der Waals surface area contributed by atoms with E-state index >= 15 is 0 Å². The number of nitrogens with zero attached hydrogens (tertiary/aromatic N) is 1. The molecule has 2 N–H and O–H groups in total. The molecular weight excluding hydrogens is 252 g/mol. The maximum Gasteiger partial charge on any atom is 0.148 e. The molecule has 0 saturated carbocycles. The van der Waals surface area contributed by atoms with Crippen LogP contribution in [0.15, 0.2) is 36.4 Å². The molecule has 2 heterocycles. The van der Waals surface area contributed by atoms with Crippen LogP contribution >= 0.6 is 0 Å². The maximum absolute atomic E-state index is 12.5. The molecule has 4 heteroatoms. The molecule has 2 aromatic rings. The number of fused-ring (bicyclic) bond motifs is 1. The first-order chi connectivity index (χ1) is 9.59. The minimum Gasteiger partial charge on any atom is -0.379 e. The second-order valence-electron chi connectivity index (χ2n) is 5.63. The zero-order chi connectivity index (χ0) is 14.2. The van der Waals surface area contributed by atoms with Crippen LogP contribution in [0.5, 0.6) is 0 Å². The van der Waals surface area contributed by atoms with Crippen molar-refractivity contribution in [3.8, 4) is 0 Å². The SMILES string of the molecule is CC1(C(=O)Cc2ccc3ccccc3n2)COCC1N. The minimum atomic E-state index is -0.590. The molecule has 104 valence electrons. The van der Waals surface area contributed by atoms with Crippen molar-refractivity contribution in [3.63, 3.8) is 0 Å². The zero-order valence-electron chi connectivity index (χ0n) is 11.5. The van der Waals surface area contributed by atoms with Gasteiger partial charge in [-0.05, 0) is 19.1 Å². The molecule has 20 heavy (non-hydrogen) atoms. The topological polar surface area (TPSA) is 65.2 Å². The standard InChI is InChI=1S/C16H18N2O2/c1-16(10-20-9-14(16)17)15(19)8-12-7-6-11-4-2-3-5-13(11)18-12/h2-7,14H,8-10,17H2,1H3. The number of benzene rings is 1. The number of ether oxygens (including phenoxy) is 1. The third-order valence-corrected chi connectivity index (χ3v) is 4.15. The first-order valence-electron chi connectivity index (χ1n) is 6.81. The molecule has 0 bridgehead atoms. The second kappa shape index (κ2) is 4.96. The Morgan fingerprint density at radius 3 is 2.95 bits per heavy atom. The summed E-state index contributed by atoms with van der Waals surface area (Å²) in [6.07, 6.45) is 0.304. The van der Waals surface area contributed by atoms with E-state index < -0.39 is 5.41 Å². The normalized spacial score (nSPS) is 26.0. The van der Waals surface area contributed by atoms with Crippen LogP contribution in [0.25, 0.3) is 10.9 Å². The van der Waals surface area contributed by atoms with Crippen LogP contribution in [0, 0.1) is 5.41 Å². The van der Waals surface area contributed by atoms with Gasteiger partial charge in [-0.1, -0.05) is 24.3 Å². The summed E-state index contributed by atoms with van der Waals surface area (Å²) < 4.78 is 5.34. The van der Waals surface area contributed by atoms with Gasteiger partial charge < -0.3 is 10.5 Å². The van der Waals surface area contributed by atoms with Gasteiger partial charge in [-0.15, -0.1) is 0 Å². The molecular formula is C16H18N2O2. The average Bonchev–Trinajstić information content (AvgIpc) is 2.80. The van der Waals surface area contributed by atoms with Crippen molar-refractivity contribution in [2.75, 3.05) is 13.2 Å². The molecule has 1 fully saturated rings. The Labute approximate surface area is 117 Å². The molecule has 0 amide bonds. The number of aromatic nitrogens is 1. The molecule has 2 atom stereocenters. The summed E-state index contributed by atoms with van der Waals surface area (Å²) in [5.41, 5.74) is 7.10. The summed E-state index contributed by atoms with van der Waals surface area (Å²) in [5, 5.41) is 1.08. The number of Topliss-reactive ketones (excluding diaryl/α,β-unsaturated/α-hetero) is 1. The third-order valence-electron chi connectivity index (χ3n) is 4.15. The van der Waals surface area contributed by atoms with Crippen LogP contribution in [-0.4, -0.2) is 30.0 Å². The molecule has 0 aliphatic carbocycles. The van der Waals surface area contributed by atoms with E-state index in [-0.39, 0.29) is 11.8 Å². The van der Waals surface area contributed by atoms with Crippen LogP contribution in [0.2, 0.25) is 0 Å². The van der Waals surface area contributed by atoms with Crippen LogP contribution < -0.4 is 5.73 Å². The van der Waals surface area contributed by atoms with Crippen molar-refractivity contribution in [1.82, 2.24) is 4.98 Å². The Morgan fingerprint density at radius 1 is 1.40 bits per heavy atom. The highest BCUT2D eigenvalue weighted by molar-refractivity contribution is 5.88. The van der Waals surface area contributed by atoms with E-state index in [1.807, 2.05) is 43.3 Å². The first kappa shape index (κ1) is 13.2. The van der Waals surface area contributed by atoms with E-state index in [1.54, 1.807) is 0 Å². The lowest BCUT2D eigenvalue weighted by Gasteiger charge is -2.24. The van der Waals surface area contributed by atoms with Gasteiger partial charge in [0.1, 0.15) is 5.78 Å². The van der Waals surface area contributed by atoms with Crippen LogP contribution in [-0.2, 0) is 16.0 Å². The summed E-state index contributed by atoms with van der Waals surface area (Å²) >= 11 is 0. The van der Waals surface area contributed by atoms with Gasteiger partial charge in [0.05, 0.1) is 24.1 Å². The number of hydrogen-bond donors (Lipinski definition) is 1. The number of carbonyl (C=O) groups excluding carboxylic acids is 1. The largest absolute Gasteiger partial charge is 0.379 e. The second-order valence-corrected chi connectivity index (χ2v) is 5.63. The highest BCUT2D eigenvalue weighted by Gasteiger charge is 2.43. The number of ketones is 1. The number of hydrogen-bond acceptors (Lipinski definition) is 4. The summed E-state index contributed by atoms with van der Waals surface area (Å²) in [5.74, 6) is 0.102. The van der Waals surface area contributed by atoms with Gasteiger partial charge >= 0.3 is 0 Å². The Hall–Kier alpha value is -1.78. The fourth-order valence-electron chi connectivity index (χ4n) is 2.55. The highest BCUT2D eigenvalue weighted by atomic mass is 16.5. The van der Waals surface area contributed by atoms with Crippen molar-refractivity contribution < 1.29 is 9.53 Å². The quantitative estimate of drug-likeness (QED) is 0.922. The Balaban J connectivity index is 1.84. The van der Waals surface area contributed by atoms with E-state index in [0.29, 0.717) is 19.6 Å². The minimum absolute atomic E-state index is 0.102. The van der Waals surface area contributed by atoms with Gasteiger partial charge in [0.25, 0.3) is 0 Å². The number of rotatable bonds is 3. The Bertz CT molecular complexity index is 656.